The van der Waals surface area contributed by atoms with Gasteiger partial charge in [0.15, 0.2) is 0 Å². The minimum absolute atomic E-state index is 0.333. The summed E-state index contributed by atoms with van der Waals surface area (Å²) in [6.07, 6.45) is 6.10. The highest BCUT2D eigenvalue weighted by Crippen LogP contribution is 2.39. The second kappa shape index (κ2) is 7.43. The van der Waals surface area contributed by atoms with E-state index in [-0.39, 0.29) is 6.10 Å². The van der Waals surface area contributed by atoms with Crippen LogP contribution in [0.4, 0.5) is 0 Å². The minimum Gasteiger partial charge on any atom is -0.389 e. The Bertz CT molecular complexity index is 310. The molecule has 3 heteroatoms. The molecule has 3 nitrogen and oxygen atoms in total. The number of ether oxygens (including phenoxy) is 1. The Kier molecular flexibility index (Phi) is 6.10. The Morgan fingerprint density at radius 1 is 1.14 bits per heavy atom. The summed E-state index contributed by atoms with van der Waals surface area (Å²) in [6.45, 7) is 12.9. The zero-order valence-corrected chi connectivity index (χ0v) is 14.5. The lowest BCUT2D eigenvalue weighted by Gasteiger charge is -2.39. The smallest absolute Gasteiger partial charge is 0.0900 e. The quantitative estimate of drug-likeness (QED) is 0.845. The van der Waals surface area contributed by atoms with Gasteiger partial charge in [-0.05, 0) is 62.4 Å². The van der Waals surface area contributed by atoms with Crippen LogP contribution in [0.15, 0.2) is 0 Å². The number of hydrogen-bond donors (Lipinski definition) is 1. The van der Waals surface area contributed by atoms with Crippen LogP contribution >= 0.6 is 0 Å². The first-order valence-corrected chi connectivity index (χ1v) is 8.86. The second-order valence-corrected chi connectivity index (χ2v) is 8.51. The van der Waals surface area contributed by atoms with Gasteiger partial charge in [-0.15, -0.1) is 0 Å². The van der Waals surface area contributed by atoms with Crippen molar-refractivity contribution < 1.29 is 9.84 Å². The molecule has 2 aliphatic rings. The average molecular weight is 297 g/mol. The summed E-state index contributed by atoms with van der Waals surface area (Å²) >= 11 is 0. The fraction of sp³-hybridized carbons (Fsp3) is 1.00. The third kappa shape index (κ3) is 5.88. The van der Waals surface area contributed by atoms with Crippen molar-refractivity contribution >= 4 is 0 Å². The molecule has 1 N–H and O–H groups in total. The van der Waals surface area contributed by atoms with Crippen LogP contribution in [0.2, 0.25) is 0 Å². The first-order valence-electron chi connectivity index (χ1n) is 8.86. The van der Waals surface area contributed by atoms with Gasteiger partial charge in [0.2, 0.25) is 0 Å². The van der Waals surface area contributed by atoms with Gasteiger partial charge < -0.3 is 14.7 Å². The Labute approximate surface area is 131 Å². The Morgan fingerprint density at radius 2 is 1.81 bits per heavy atom. The minimum atomic E-state index is -0.334. The summed E-state index contributed by atoms with van der Waals surface area (Å²) in [5.41, 5.74) is 0.385. The molecule has 0 amide bonds. The maximum Gasteiger partial charge on any atom is 0.0900 e. The van der Waals surface area contributed by atoms with Gasteiger partial charge in [-0.25, -0.2) is 0 Å². The predicted octanol–water partition coefficient (Wildman–Crippen LogP) is 3.31. The van der Waals surface area contributed by atoms with Crippen molar-refractivity contribution in [1.82, 2.24) is 4.90 Å². The average Bonchev–Trinajstić information content (AvgIpc) is 2.37. The van der Waals surface area contributed by atoms with E-state index in [2.05, 4.69) is 32.6 Å². The first-order chi connectivity index (χ1) is 9.84. The molecule has 0 spiro atoms. The molecule has 0 aromatic carbocycles. The zero-order chi connectivity index (χ0) is 15.5. The summed E-state index contributed by atoms with van der Waals surface area (Å²) in [5, 5.41) is 10.2. The van der Waals surface area contributed by atoms with E-state index in [9.17, 15) is 5.11 Å². The van der Waals surface area contributed by atoms with Crippen LogP contribution in [-0.2, 0) is 4.74 Å². The first kappa shape index (κ1) is 17.2. The van der Waals surface area contributed by atoms with Crippen LogP contribution in [0.25, 0.3) is 0 Å². The van der Waals surface area contributed by atoms with E-state index >= 15 is 0 Å². The number of nitrogens with zero attached hydrogens (tertiary/aromatic N) is 1. The molecule has 124 valence electrons. The summed E-state index contributed by atoms with van der Waals surface area (Å²) in [4.78, 5) is 2.39. The number of β-amino-alcohol motifs (C(OH)–C–C–N with tert-alkyl or cyclic N) is 1. The van der Waals surface area contributed by atoms with E-state index in [1.807, 2.05) is 0 Å². The van der Waals surface area contributed by atoms with Gasteiger partial charge in [0, 0.05) is 6.54 Å². The van der Waals surface area contributed by atoms with E-state index in [4.69, 9.17) is 4.74 Å². The van der Waals surface area contributed by atoms with Crippen molar-refractivity contribution in [3.8, 4) is 0 Å². The molecule has 0 aromatic rings. The van der Waals surface area contributed by atoms with Gasteiger partial charge in [-0.3, -0.25) is 0 Å². The van der Waals surface area contributed by atoms with E-state index in [0.29, 0.717) is 18.1 Å². The number of likely N-dealkylation sites (tertiary alicyclic amines) is 1. The highest BCUT2D eigenvalue weighted by Gasteiger charge is 2.32. The van der Waals surface area contributed by atoms with E-state index in [1.165, 1.54) is 19.3 Å². The van der Waals surface area contributed by atoms with Crippen LogP contribution in [0, 0.1) is 17.3 Å². The summed E-state index contributed by atoms with van der Waals surface area (Å²) in [6, 6.07) is 0. The van der Waals surface area contributed by atoms with Gasteiger partial charge in [-0.1, -0.05) is 27.7 Å². The highest BCUT2D eigenvalue weighted by atomic mass is 16.5. The number of aliphatic hydroxyl groups is 1. The molecule has 21 heavy (non-hydrogen) atoms. The monoisotopic (exact) mass is 297 g/mol. The fourth-order valence-electron chi connectivity index (χ4n) is 4.23. The molecule has 3 atom stereocenters. The number of aliphatic hydroxyl groups excluding tert-OH is 1. The third-order valence-electron chi connectivity index (χ3n) is 5.22. The Balaban J connectivity index is 1.67. The van der Waals surface area contributed by atoms with Gasteiger partial charge in [0.25, 0.3) is 0 Å². The van der Waals surface area contributed by atoms with Crippen molar-refractivity contribution in [1.29, 1.82) is 0 Å². The molecule has 0 radical (unpaired) electrons. The molecule has 2 rings (SSSR count). The van der Waals surface area contributed by atoms with Gasteiger partial charge in [0.05, 0.1) is 18.8 Å². The van der Waals surface area contributed by atoms with Gasteiger partial charge in [0.1, 0.15) is 0 Å². The topological polar surface area (TPSA) is 32.7 Å². The molecule has 1 aliphatic carbocycles. The maximum absolute atomic E-state index is 10.2. The molecule has 1 saturated carbocycles. The SMILES string of the molecule is CC1CCN(C[C@@H](O)CO[C@@H]2C[C@H](C)CC(C)(C)C2)CC1. The lowest BCUT2D eigenvalue weighted by molar-refractivity contribution is -0.0626. The van der Waals surface area contributed by atoms with Gasteiger partial charge in [-0.2, -0.15) is 0 Å². The fourth-order valence-corrected chi connectivity index (χ4v) is 4.23. The van der Waals surface area contributed by atoms with Gasteiger partial charge >= 0.3 is 0 Å². The Hall–Kier alpha value is -0.120. The molecule has 1 aliphatic heterocycles. The summed E-state index contributed by atoms with van der Waals surface area (Å²) < 4.78 is 6.04. The Morgan fingerprint density at radius 3 is 2.43 bits per heavy atom. The lowest BCUT2D eigenvalue weighted by atomic mass is 9.71. The van der Waals surface area contributed by atoms with Crippen molar-refractivity contribution in [2.45, 2.75) is 72.0 Å². The zero-order valence-electron chi connectivity index (χ0n) is 14.5. The van der Waals surface area contributed by atoms with Crippen LogP contribution in [-0.4, -0.2) is 48.5 Å². The second-order valence-electron chi connectivity index (χ2n) is 8.51. The maximum atomic E-state index is 10.2. The molecule has 2 fully saturated rings. The van der Waals surface area contributed by atoms with Crippen molar-refractivity contribution in [3.05, 3.63) is 0 Å². The van der Waals surface area contributed by atoms with Crippen LogP contribution in [0.5, 0.6) is 0 Å². The normalized spacial score (nSPS) is 33.0. The summed E-state index contributed by atoms with van der Waals surface area (Å²) in [5.74, 6) is 1.58. The molecule has 0 unspecified atom stereocenters. The largest absolute Gasteiger partial charge is 0.389 e. The van der Waals surface area contributed by atoms with Crippen LogP contribution in [0.1, 0.15) is 59.8 Å². The predicted molar refractivity (Wildman–Crippen MR) is 87.4 cm³/mol. The van der Waals surface area contributed by atoms with E-state index in [0.717, 1.165) is 44.3 Å². The van der Waals surface area contributed by atoms with Crippen molar-refractivity contribution in [3.63, 3.8) is 0 Å². The van der Waals surface area contributed by atoms with E-state index < -0.39 is 0 Å². The number of piperidine rings is 1. The molecule has 1 saturated heterocycles. The molecule has 1 heterocycles. The summed E-state index contributed by atoms with van der Waals surface area (Å²) in [7, 11) is 0. The molecular weight excluding hydrogens is 262 g/mol. The van der Waals surface area contributed by atoms with E-state index in [1.54, 1.807) is 0 Å². The van der Waals surface area contributed by atoms with Crippen molar-refractivity contribution in [2.24, 2.45) is 17.3 Å². The number of rotatable bonds is 5. The lowest BCUT2D eigenvalue weighted by Crippen LogP contribution is -2.41. The molecule has 0 bridgehead atoms. The standard InChI is InChI=1S/C18H35NO2/c1-14-5-7-19(8-6-14)12-16(20)13-21-17-9-15(2)10-18(3,4)11-17/h14-17,20H,5-13H2,1-4H3/t15-,16+,17+/m0/s1. The van der Waals surface area contributed by atoms with Crippen molar-refractivity contribution in [2.75, 3.05) is 26.2 Å². The van der Waals surface area contributed by atoms with Crippen LogP contribution < -0.4 is 0 Å². The van der Waals surface area contributed by atoms with Crippen LogP contribution in [0.3, 0.4) is 0 Å². The third-order valence-corrected chi connectivity index (χ3v) is 5.22. The molecular formula is C18H35NO2. The molecule has 0 aromatic heterocycles. The number of hydrogen-bond acceptors (Lipinski definition) is 3. The highest BCUT2D eigenvalue weighted by molar-refractivity contribution is 4.83.